The van der Waals surface area contributed by atoms with Crippen molar-refractivity contribution in [2.24, 2.45) is 0 Å². The fraction of sp³-hybridized carbons (Fsp3) is 0. The fourth-order valence-electron chi connectivity index (χ4n) is 1.27. The van der Waals surface area contributed by atoms with E-state index in [1.54, 1.807) is 24.3 Å². The largest absolute Gasteiger partial charge is 0.378 e. The standard InChI is InChI=1S/C9H7N3O2/c10-9-8(12(13)14)5-6-3-1-2-4-7(6)11-9/h1-5H,(H2,10,11). The van der Waals surface area contributed by atoms with Crippen LogP contribution in [0.5, 0.6) is 0 Å². The number of nitro groups is 1. The number of nitrogens with two attached hydrogens (primary N) is 1. The number of benzene rings is 1. The van der Waals surface area contributed by atoms with Crippen LogP contribution in [-0.2, 0) is 0 Å². The molecule has 5 heteroatoms. The van der Waals surface area contributed by atoms with Crippen LogP contribution in [0, 0.1) is 10.1 Å². The average Bonchev–Trinajstić information content (AvgIpc) is 2.16. The molecule has 0 aliphatic rings. The van der Waals surface area contributed by atoms with Crippen LogP contribution in [0.25, 0.3) is 10.9 Å². The molecule has 0 atom stereocenters. The van der Waals surface area contributed by atoms with E-state index in [9.17, 15) is 10.1 Å². The molecule has 0 aliphatic carbocycles. The molecule has 1 heterocycles. The Balaban J connectivity index is 2.77. The third-order valence-corrected chi connectivity index (χ3v) is 1.93. The first-order valence-corrected chi connectivity index (χ1v) is 3.98. The van der Waals surface area contributed by atoms with Gasteiger partial charge in [-0.3, -0.25) is 10.1 Å². The maximum absolute atomic E-state index is 10.6. The van der Waals surface area contributed by atoms with E-state index in [1.165, 1.54) is 6.07 Å². The summed E-state index contributed by atoms with van der Waals surface area (Å²) < 4.78 is 0. The Bertz CT molecular complexity index is 510. The second-order valence-electron chi connectivity index (χ2n) is 2.84. The summed E-state index contributed by atoms with van der Waals surface area (Å²) in [5, 5.41) is 11.3. The minimum atomic E-state index is -0.533. The molecule has 0 unspecified atom stereocenters. The molecule has 0 aliphatic heterocycles. The van der Waals surface area contributed by atoms with E-state index in [1.807, 2.05) is 0 Å². The molecule has 1 aromatic heterocycles. The van der Waals surface area contributed by atoms with E-state index < -0.39 is 4.92 Å². The van der Waals surface area contributed by atoms with E-state index >= 15 is 0 Å². The molecule has 0 saturated heterocycles. The van der Waals surface area contributed by atoms with Crippen molar-refractivity contribution in [1.29, 1.82) is 0 Å². The predicted molar refractivity (Wildman–Crippen MR) is 52.8 cm³/mol. The lowest BCUT2D eigenvalue weighted by Gasteiger charge is -1.99. The molecule has 14 heavy (non-hydrogen) atoms. The number of hydrogen-bond donors (Lipinski definition) is 1. The zero-order chi connectivity index (χ0) is 10.1. The Kier molecular flexibility index (Phi) is 1.78. The Hall–Kier alpha value is -2.17. The summed E-state index contributed by atoms with van der Waals surface area (Å²) in [6.45, 7) is 0. The van der Waals surface area contributed by atoms with Gasteiger partial charge in [0.25, 0.3) is 0 Å². The Morgan fingerprint density at radius 1 is 1.36 bits per heavy atom. The molecule has 5 nitrogen and oxygen atoms in total. The van der Waals surface area contributed by atoms with E-state index in [-0.39, 0.29) is 11.5 Å². The normalized spacial score (nSPS) is 10.3. The van der Waals surface area contributed by atoms with Gasteiger partial charge in [0.05, 0.1) is 10.4 Å². The summed E-state index contributed by atoms with van der Waals surface area (Å²) >= 11 is 0. The van der Waals surface area contributed by atoms with Crippen LogP contribution >= 0.6 is 0 Å². The molecule has 0 spiro atoms. The van der Waals surface area contributed by atoms with E-state index in [0.717, 1.165) is 0 Å². The summed E-state index contributed by atoms with van der Waals surface area (Å²) in [6.07, 6.45) is 0. The van der Waals surface area contributed by atoms with Crippen molar-refractivity contribution in [3.05, 3.63) is 40.4 Å². The number of hydrogen-bond acceptors (Lipinski definition) is 4. The topological polar surface area (TPSA) is 82.0 Å². The lowest BCUT2D eigenvalue weighted by atomic mass is 10.2. The molecule has 0 saturated carbocycles. The third-order valence-electron chi connectivity index (χ3n) is 1.93. The van der Waals surface area contributed by atoms with Crippen LogP contribution in [0.4, 0.5) is 11.5 Å². The molecule has 70 valence electrons. The Labute approximate surface area is 79.3 Å². The summed E-state index contributed by atoms with van der Waals surface area (Å²) in [5.74, 6) is -0.0475. The van der Waals surface area contributed by atoms with Crippen molar-refractivity contribution in [2.75, 3.05) is 5.73 Å². The van der Waals surface area contributed by atoms with Gasteiger partial charge in [-0.1, -0.05) is 18.2 Å². The maximum atomic E-state index is 10.6. The first kappa shape index (κ1) is 8.43. The highest BCUT2D eigenvalue weighted by Gasteiger charge is 2.13. The van der Waals surface area contributed by atoms with Gasteiger partial charge in [0.15, 0.2) is 0 Å². The van der Waals surface area contributed by atoms with Gasteiger partial charge in [-0.2, -0.15) is 0 Å². The smallest absolute Gasteiger partial charge is 0.311 e. The molecule has 2 aromatic rings. The molecular formula is C9H7N3O2. The second kappa shape index (κ2) is 2.95. The van der Waals surface area contributed by atoms with Crippen molar-refractivity contribution in [1.82, 2.24) is 4.98 Å². The van der Waals surface area contributed by atoms with Crippen molar-refractivity contribution >= 4 is 22.4 Å². The molecule has 0 bridgehead atoms. The lowest BCUT2D eigenvalue weighted by Crippen LogP contribution is -1.98. The first-order valence-electron chi connectivity index (χ1n) is 3.98. The highest BCUT2D eigenvalue weighted by molar-refractivity contribution is 5.83. The Morgan fingerprint density at radius 3 is 2.79 bits per heavy atom. The number of pyridine rings is 1. The average molecular weight is 189 g/mol. The molecule has 0 radical (unpaired) electrons. The molecule has 2 rings (SSSR count). The van der Waals surface area contributed by atoms with Gasteiger partial charge in [0.2, 0.25) is 5.82 Å². The number of anilines is 1. The first-order chi connectivity index (χ1) is 6.68. The van der Waals surface area contributed by atoms with E-state index in [4.69, 9.17) is 5.73 Å². The zero-order valence-electron chi connectivity index (χ0n) is 7.18. The molecule has 0 amide bonds. The monoisotopic (exact) mass is 189 g/mol. The van der Waals surface area contributed by atoms with Crippen LogP contribution in [0.3, 0.4) is 0 Å². The lowest BCUT2D eigenvalue weighted by molar-refractivity contribution is -0.384. The van der Waals surface area contributed by atoms with Crippen LogP contribution in [0.15, 0.2) is 30.3 Å². The van der Waals surface area contributed by atoms with Gasteiger partial charge in [0.1, 0.15) is 0 Å². The molecule has 2 N–H and O–H groups in total. The van der Waals surface area contributed by atoms with Gasteiger partial charge in [-0.05, 0) is 6.07 Å². The summed E-state index contributed by atoms with van der Waals surface area (Å²) in [4.78, 5) is 14.0. The van der Waals surface area contributed by atoms with Crippen LogP contribution in [0.1, 0.15) is 0 Å². The molecular weight excluding hydrogens is 182 g/mol. The van der Waals surface area contributed by atoms with Crippen molar-refractivity contribution < 1.29 is 4.92 Å². The molecule has 0 fully saturated rings. The van der Waals surface area contributed by atoms with Crippen molar-refractivity contribution in [2.45, 2.75) is 0 Å². The number of nitrogens with zero attached hydrogens (tertiary/aromatic N) is 2. The SMILES string of the molecule is Nc1nc2ccccc2cc1[N+](=O)[O-]. The fourth-order valence-corrected chi connectivity index (χ4v) is 1.27. The quantitative estimate of drug-likeness (QED) is 0.547. The summed E-state index contributed by atoms with van der Waals surface area (Å²) in [5.41, 5.74) is 5.95. The van der Waals surface area contributed by atoms with Crippen molar-refractivity contribution in [3.8, 4) is 0 Å². The van der Waals surface area contributed by atoms with Crippen LogP contribution in [-0.4, -0.2) is 9.91 Å². The predicted octanol–water partition coefficient (Wildman–Crippen LogP) is 1.73. The van der Waals surface area contributed by atoms with Gasteiger partial charge >= 0.3 is 5.69 Å². The van der Waals surface area contributed by atoms with Gasteiger partial charge in [0, 0.05) is 11.5 Å². The Morgan fingerprint density at radius 2 is 2.07 bits per heavy atom. The summed E-state index contributed by atoms with van der Waals surface area (Å²) in [7, 11) is 0. The van der Waals surface area contributed by atoms with E-state index in [0.29, 0.717) is 10.9 Å². The van der Waals surface area contributed by atoms with Gasteiger partial charge in [-0.15, -0.1) is 0 Å². The number of rotatable bonds is 1. The number of aromatic nitrogens is 1. The van der Waals surface area contributed by atoms with Crippen molar-refractivity contribution in [3.63, 3.8) is 0 Å². The zero-order valence-corrected chi connectivity index (χ0v) is 7.18. The third kappa shape index (κ3) is 1.24. The van der Waals surface area contributed by atoms with Crippen LogP contribution in [0.2, 0.25) is 0 Å². The molecule has 1 aromatic carbocycles. The number of nitrogen functional groups attached to an aromatic ring is 1. The number of para-hydroxylation sites is 1. The summed E-state index contributed by atoms with van der Waals surface area (Å²) in [6, 6.07) is 8.55. The van der Waals surface area contributed by atoms with Crippen LogP contribution < -0.4 is 5.73 Å². The minimum absolute atomic E-state index is 0.0475. The van der Waals surface area contributed by atoms with Gasteiger partial charge < -0.3 is 5.73 Å². The maximum Gasteiger partial charge on any atom is 0.311 e. The second-order valence-corrected chi connectivity index (χ2v) is 2.84. The minimum Gasteiger partial charge on any atom is -0.378 e. The van der Waals surface area contributed by atoms with Gasteiger partial charge in [-0.25, -0.2) is 4.98 Å². The van der Waals surface area contributed by atoms with E-state index in [2.05, 4.69) is 4.98 Å². The highest BCUT2D eigenvalue weighted by Crippen LogP contribution is 2.23. The highest BCUT2D eigenvalue weighted by atomic mass is 16.6. The number of fused-ring (bicyclic) bond motifs is 1.